The second-order valence-corrected chi connectivity index (χ2v) is 13.7. The van der Waals surface area contributed by atoms with Gasteiger partial charge in [0, 0.05) is 56.6 Å². The van der Waals surface area contributed by atoms with E-state index in [9.17, 15) is 22.8 Å². The van der Waals surface area contributed by atoms with Gasteiger partial charge in [-0.1, -0.05) is 30.3 Å². The van der Waals surface area contributed by atoms with E-state index in [1.165, 1.54) is 17.7 Å². The molecule has 48 heavy (non-hydrogen) atoms. The third kappa shape index (κ3) is 9.99. The van der Waals surface area contributed by atoms with Gasteiger partial charge in [0.2, 0.25) is 0 Å². The summed E-state index contributed by atoms with van der Waals surface area (Å²) in [5, 5.41) is 9.72. The standard InChI is InChI=1S/C36H46F3N5O4/c1-24-30(26-9-11-29(12-10-26)47-36(37,38)39)6-5-7-31(24)33(45)41-27-14-18-43(19-15-27)23-25-8-13-32(40-22-25)44-20-16-28(17-21-44)42-34(46)48-35(2,3)4/h5-13,22,27-28,32,40H,14-21,23H2,1-4H3,(H,41,45)(H,42,46). The van der Waals surface area contributed by atoms with Crippen LogP contribution in [0.1, 0.15) is 62.4 Å². The van der Waals surface area contributed by atoms with Gasteiger partial charge >= 0.3 is 12.5 Å². The van der Waals surface area contributed by atoms with E-state index >= 15 is 0 Å². The summed E-state index contributed by atoms with van der Waals surface area (Å²) < 4.78 is 47.0. The van der Waals surface area contributed by atoms with Gasteiger partial charge in [0.05, 0.1) is 6.17 Å². The molecule has 2 aromatic carbocycles. The number of nitrogens with one attached hydrogen (secondary N) is 3. The van der Waals surface area contributed by atoms with Gasteiger partial charge in [-0.3, -0.25) is 14.6 Å². The molecule has 3 N–H and O–H groups in total. The maximum atomic E-state index is 13.3. The molecule has 1 unspecified atom stereocenters. The molecule has 3 aliphatic heterocycles. The number of carbonyl (C=O) groups is 2. The fourth-order valence-corrected chi connectivity index (χ4v) is 6.42. The summed E-state index contributed by atoms with van der Waals surface area (Å²) in [5.41, 5.74) is 3.50. The largest absolute Gasteiger partial charge is 0.573 e. The number of alkyl halides is 3. The third-order valence-electron chi connectivity index (χ3n) is 8.88. The Balaban J connectivity index is 1.04. The Hall–Kier alpha value is -4.03. The highest BCUT2D eigenvalue weighted by molar-refractivity contribution is 5.97. The molecule has 3 heterocycles. The number of hydrogen-bond acceptors (Lipinski definition) is 7. The molecule has 12 heteroatoms. The molecule has 0 radical (unpaired) electrons. The van der Waals surface area contributed by atoms with Crippen LogP contribution < -0.4 is 20.7 Å². The minimum Gasteiger partial charge on any atom is -0.444 e. The van der Waals surface area contributed by atoms with Crippen molar-refractivity contribution in [2.75, 3.05) is 32.7 Å². The molecule has 260 valence electrons. The van der Waals surface area contributed by atoms with Crippen LogP contribution in [-0.2, 0) is 4.74 Å². The number of nitrogens with zero attached hydrogens (tertiary/aromatic N) is 2. The van der Waals surface area contributed by atoms with Crippen LogP contribution >= 0.6 is 0 Å². The molecule has 5 rings (SSSR count). The van der Waals surface area contributed by atoms with Crippen LogP contribution in [0.3, 0.4) is 0 Å². The lowest BCUT2D eigenvalue weighted by Crippen LogP contribution is -2.52. The lowest BCUT2D eigenvalue weighted by molar-refractivity contribution is -0.274. The average Bonchev–Trinajstić information content (AvgIpc) is 3.02. The van der Waals surface area contributed by atoms with E-state index in [4.69, 9.17) is 4.74 Å². The second-order valence-electron chi connectivity index (χ2n) is 13.7. The van der Waals surface area contributed by atoms with Crippen LogP contribution in [0.25, 0.3) is 11.1 Å². The molecule has 2 aromatic rings. The molecule has 2 amide bonds. The number of amides is 2. The van der Waals surface area contributed by atoms with Gasteiger partial charge in [-0.25, -0.2) is 4.79 Å². The van der Waals surface area contributed by atoms with E-state index < -0.39 is 12.0 Å². The van der Waals surface area contributed by atoms with Crippen LogP contribution in [0.2, 0.25) is 0 Å². The summed E-state index contributed by atoms with van der Waals surface area (Å²) in [7, 11) is 0. The minimum atomic E-state index is -4.75. The molecule has 0 spiro atoms. The maximum absolute atomic E-state index is 13.3. The van der Waals surface area contributed by atoms with Crippen LogP contribution in [-0.4, -0.2) is 84.7 Å². The smallest absolute Gasteiger partial charge is 0.444 e. The van der Waals surface area contributed by atoms with E-state index in [-0.39, 0.29) is 36.0 Å². The van der Waals surface area contributed by atoms with Gasteiger partial charge in [-0.05, 0) is 99.9 Å². The van der Waals surface area contributed by atoms with E-state index in [0.717, 1.165) is 69.5 Å². The number of likely N-dealkylation sites (tertiary alicyclic amines) is 2. The first kappa shape index (κ1) is 35.3. The Bertz CT molecular complexity index is 1490. The first-order valence-electron chi connectivity index (χ1n) is 16.6. The number of benzene rings is 2. The van der Waals surface area contributed by atoms with Crippen molar-refractivity contribution in [2.45, 2.75) is 83.6 Å². The summed E-state index contributed by atoms with van der Waals surface area (Å²) in [5.74, 6) is -0.439. The molecule has 0 aromatic heterocycles. The molecule has 0 bridgehead atoms. The van der Waals surface area contributed by atoms with Crippen molar-refractivity contribution in [3.63, 3.8) is 0 Å². The number of halogens is 3. The molecule has 1 atom stereocenters. The summed E-state index contributed by atoms with van der Waals surface area (Å²) >= 11 is 0. The molecule has 0 saturated carbocycles. The number of dihydropyridines is 1. The average molecular weight is 670 g/mol. The van der Waals surface area contributed by atoms with Gasteiger partial charge in [-0.2, -0.15) is 0 Å². The Morgan fingerprint density at radius 3 is 2.17 bits per heavy atom. The Kier molecular flexibility index (Phi) is 11.0. The van der Waals surface area contributed by atoms with Gasteiger partial charge in [0.15, 0.2) is 0 Å². The highest BCUT2D eigenvalue weighted by atomic mass is 19.4. The third-order valence-corrected chi connectivity index (χ3v) is 8.88. The van der Waals surface area contributed by atoms with Gasteiger partial charge < -0.3 is 25.4 Å². The lowest BCUT2D eigenvalue weighted by Gasteiger charge is -2.38. The zero-order valence-corrected chi connectivity index (χ0v) is 28.0. The van der Waals surface area contributed by atoms with Crippen LogP contribution in [0.5, 0.6) is 5.75 Å². The number of carbonyl (C=O) groups excluding carboxylic acids is 2. The van der Waals surface area contributed by atoms with E-state index in [2.05, 4.69) is 48.8 Å². The molecular formula is C36H46F3N5O4. The lowest BCUT2D eigenvalue weighted by atomic mass is 9.95. The Morgan fingerprint density at radius 2 is 1.56 bits per heavy atom. The van der Waals surface area contributed by atoms with Crippen molar-refractivity contribution in [3.05, 3.63) is 77.5 Å². The number of rotatable bonds is 8. The van der Waals surface area contributed by atoms with Crippen molar-refractivity contribution in [2.24, 2.45) is 0 Å². The predicted molar refractivity (Wildman–Crippen MR) is 178 cm³/mol. The first-order valence-corrected chi connectivity index (χ1v) is 16.6. The fraction of sp³-hybridized carbons (Fsp3) is 0.500. The Labute approximate surface area is 280 Å². The van der Waals surface area contributed by atoms with Crippen LogP contribution in [0.15, 0.2) is 66.4 Å². The Morgan fingerprint density at radius 1 is 0.917 bits per heavy atom. The number of hydrogen-bond donors (Lipinski definition) is 3. The summed E-state index contributed by atoms with van der Waals surface area (Å²) in [6.07, 6.45) is 4.92. The van der Waals surface area contributed by atoms with E-state index in [1.807, 2.05) is 33.8 Å². The number of piperidine rings is 2. The summed E-state index contributed by atoms with van der Waals surface area (Å²) in [6.45, 7) is 11.7. The van der Waals surface area contributed by atoms with Crippen molar-refractivity contribution >= 4 is 12.0 Å². The predicted octanol–water partition coefficient (Wildman–Crippen LogP) is 6.11. The summed E-state index contributed by atoms with van der Waals surface area (Å²) in [6, 6.07) is 11.3. The molecular weight excluding hydrogens is 623 g/mol. The zero-order chi connectivity index (χ0) is 34.5. The number of alkyl carbamates (subject to hydrolysis) is 1. The van der Waals surface area contributed by atoms with Crippen molar-refractivity contribution < 1.29 is 32.2 Å². The van der Waals surface area contributed by atoms with Gasteiger partial charge in [0.1, 0.15) is 11.4 Å². The monoisotopic (exact) mass is 669 g/mol. The van der Waals surface area contributed by atoms with Crippen molar-refractivity contribution in [1.29, 1.82) is 0 Å². The fourth-order valence-electron chi connectivity index (χ4n) is 6.42. The van der Waals surface area contributed by atoms with Gasteiger partial charge in [-0.15, -0.1) is 13.2 Å². The zero-order valence-electron chi connectivity index (χ0n) is 28.0. The second kappa shape index (κ2) is 15.0. The van der Waals surface area contributed by atoms with Crippen LogP contribution in [0, 0.1) is 6.92 Å². The SMILES string of the molecule is Cc1c(C(=O)NC2CCN(CC3=CNC(N4CCC(NC(=O)OC(C)(C)C)CC4)C=C3)CC2)cccc1-c1ccc(OC(F)(F)F)cc1. The molecule has 3 aliphatic rings. The maximum Gasteiger partial charge on any atom is 0.573 e. The van der Waals surface area contributed by atoms with Crippen LogP contribution in [0.4, 0.5) is 18.0 Å². The molecule has 2 fully saturated rings. The normalized spacial score (nSPS) is 20.1. The van der Waals surface area contributed by atoms with Crippen molar-refractivity contribution in [1.82, 2.24) is 25.8 Å². The van der Waals surface area contributed by atoms with E-state index in [0.29, 0.717) is 11.1 Å². The quantitative estimate of drug-likeness (QED) is 0.312. The van der Waals surface area contributed by atoms with Gasteiger partial charge in [0.25, 0.3) is 5.91 Å². The highest BCUT2D eigenvalue weighted by Crippen LogP contribution is 2.30. The molecule has 0 aliphatic carbocycles. The number of ether oxygens (including phenoxy) is 2. The van der Waals surface area contributed by atoms with E-state index in [1.54, 1.807) is 24.3 Å². The van der Waals surface area contributed by atoms with Crippen molar-refractivity contribution in [3.8, 4) is 16.9 Å². The highest BCUT2D eigenvalue weighted by Gasteiger charge is 2.31. The summed E-state index contributed by atoms with van der Waals surface area (Å²) in [4.78, 5) is 30.2. The minimum absolute atomic E-state index is 0.0572. The molecule has 9 nitrogen and oxygen atoms in total. The molecule has 2 saturated heterocycles. The first-order chi connectivity index (χ1) is 22.7. The topological polar surface area (TPSA) is 95.2 Å².